The van der Waals surface area contributed by atoms with Gasteiger partial charge in [0.25, 0.3) is 0 Å². The quantitative estimate of drug-likeness (QED) is 0.704. The van der Waals surface area contributed by atoms with Crippen molar-refractivity contribution in [2.24, 2.45) is 0 Å². The molecule has 0 aliphatic carbocycles. The van der Waals surface area contributed by atoms with Gasteiger partial charge in [-0.25, -0.2) is 0 Å². The van der Waals surface area contributed by atoms with Gasteiger partial charge in [0, 0.05) is 14.2 Å². The maximum absolute atomic E-state index is 5.50. The maximum atomic E-state index is 5.50. The molecule has 0 N–H and O–H groups in total. The molecule has 1 rings (SSSR count). The lowest BCUT2D eigenvalue weighted by atomic mass is 10.3. The maximum Gasteiger partial charge on any atom is 0.323 e. The summed E-state index contributed by atoms with van der Waals surface area (Å²) < 4.78 is 14.0. The number of hydrogen-bond acceptors (Lipinski definition) is 3. The second kappa shape index (κ2) is 6.32. The molecule has 1 atom stereocenters. The molecular weight excluding hydrogens is 274 g/mol. The van der Waals surface area contributed by atoms with Crippen LogP contribution >= 0.6 is 0 Å². The van der Waals surface area contributed by atoms with E-state index < -0.39 is 25.8 Å². The summed E-state index contributed by atoms with van der Waals surface area (Å²) in [5.74, 6) is 0. The first kappa shape index (κ1) is 16.6. The SMILES string of the molecule is CO[SiH](OC)C(C)CCN1[Si](C)(C)CC[Si]1(C)C. The second-order valence-corrected chi connectivity index (χ2v) is 19.5. The van der Waals surface area contributed by atoms with Gasteiger partial charge in [-0.2, -0.15) is 0 Å². The topological polar surface area (TPSA) is 21.7 Å². The first-order valence-electron chi connectivity index (χ1n) is 7.08. The molecule has 0 radical (unpaired) electrons. The van der Waals surface area contributed by atoms with E-state index in [9.17, 15) is 0 Å². The molecule has 108 valence electrons. The molecule has 0 aromatic carbocycles. The highest BCUT2D eigenvalue weighted by atomic mass is 28.4. The van der Waals surface area contributed by atoms with Gasteiger partial charge in [0.2, 0.25) is 0 Å². The molecule has 0 spiro atoms. The second-order valence-electron chi connectivity index (χ2n) is 6.88. The van der Waals surface area contributed by atoms with E-state index in [1.54, 1.807) is 14.2 Å². The van der Waals surface area contributed by atoms with Crippen LogP contribution in [0.4, 0.5) is 0 Å². The van der Waals surface area contributed by atoms with Gasteiger partial charge in [-0.05, 0) is 30.6 Å². The largest absolute Gasteiger partial charge is 0.400 e. The third-order valence-electron chi connectivity index (χ3n) is 4.55. The molecule has 1 heterocycles. The molecule has 3 nitrogen and oxygen atoms in total. The summed E-state index contributed by atoms with van der Waals surface area (Å²) in [6.07, 6.45) is 1.24. The van der Waals surface area contributed by atoms with Gasteiger partial charge < -0.3 is 13.1 Å². The molecular formula is C12H31NO2Si3. The molecule has 0 aromatic heterocycles. The van der Waals surface area contributed by atoms with Crippen LogP contribution in [-0.2, 0) is 8.85 Å². The number of nitrogens with zero attached hydrogens (tertiary/aromatic N) is 1. The van der Waals surface area contributed by atoms with Crippen LogP contribution in [0.1, 0.15) is 13.3 Å². The van der Waals surface area contributed by atoms with Crippen molar-refractivity contribution >= 4 is 25.8 Å². The predicted molar refractivity (Wildman–Crippen MR) is 86.5 cm³/mol. The molecule has 1 saturated heterocycles. The lowest BCUT2D eigenvalue weighted by molar-refractivity contribution is 0.264. The minimum atomic E-state index is -1.43. The van der Waals surface area contributed by atoms with Crippen LogP contribution in [0.2, 0.25) is 43.8 Å². The highest BCUT2D eigenvalue weighted by molar-refractivity contribution is 6.95. The van der Waals surface area contributed by atoms with Crippen molar-refractivity contribution in [1.29, 1.82) is 0 Å². The van der Waals surface area contributed by atoms with Gasteiger partial charge in [0.15, 0.2) is 0 Å². The molecule has 1 aliphatic heterocycles. The predicted octanol–water partition coefficient (Wildman–Crippen LogP) is 3.01. The third kappa shape index (κ3) is 3.77. The number of rotatable bonds is 6. The average molecular weight is 306 g/mol. The minimum absolute atomic E-state index is 0.607. The molecule has 18 heavy (non-hydrogen) atoms. The summed E-state index contributed by atoms with van der Waals surface area (Å²) in [7, 11) is -0.0332. The average Bonchev–Trinajstić information content (AvgIpc) is 2.48. The normalized spacial score (nSPS) is 24.7. The summed E-state index contributed by atoms with van der Waals surface area (Å²) >= 11 is 0. The molecule has 1 aliphatic rings. The molecule has 0 bridgehead atoms. The third-order valence-corrected chi connectivity index (χ3v) is 17.2. The first-order valence-corrected chi connectivity index (χ1v) is 15.0. The van der Waals surface area contributed by atoms with Gasteiger partial charge in [0.1, 0.15) is 16.5 Å². The van der Waals surface area contributed by atoms with E-state index in [0.29, 0.717) is 5.54 Å². The van der Waals surface area contributed by atoms with E-state index >= 15 is 0 Å². The van der Waals surface area contributed by atoms with Gasteiger partial charge >= 0.3 is 9.28 Å². The Morgan fingerprint density at radius 1 is 1.06 bits per heavy atom. The van der Waals surface area contributed by atoms with E-state index in [-0.39, 0.29) is 0 Å². The number of hydrogen-bond donors (Lipinski definition) is 0. The van der Waals surface area contributed by atoms with Crippen LogP contribution in [0.15, 0.2) is 0 Å². The zero-order valence-electron chi connectivity index (χ0n) is 13.2. The standard InChI is InChI=1S/C12H31NO2Si3/c1-12(16(14-2)15-3)8-9-13-17(4,5)10-11-18(13,6)7/h12,16H,8-11H2,1-7H3. The van der Waals surface area contributed by atoms with Crippen molar-refractivity contribution in [3.63, 3.8) is 0 Å². The van der Waals surface area contributed by atoms with Gasteiger partial charge in [-0.3, -0.25) is 0 Å². The molecule has 0 amide bonds. The van der Waals surface area contributed by atoms with Crippen molar-refractivity contribution < 1.29 is 8.85 Å². The van der Waals surface area contributed by atoms with Crippen LogP contribution < -0.4 is 0 Å². The summed E-state index contributed by atoms with van der Waals surface area (Å²) in [6, 6.07) is 2.99. The van der Waals surface area contributed by atoms with Crippen molar-refractivity contribution in [1.82, 2.24) is 4.23 Å². The zero-order valence-corrected chi connectivity index (χ0v) is 16.4. The zero-order chi connectivity index (χ0) is 14.0. The highest BCUT2D eigenvalue weighted by Crippen LogP contribution is 2.37. The van der Waals surface area contributed by atoms with Crippen molar-refractivity contribution in [2.45, 2.75) is 57.2 Å². The molecule has 1 unspecified atom stereocenters. The summed E-state index contributed by atoms with van der Waals surface area (Å²) in [5, 5.41) is 0. The Balaban J connectivity index is 2.56. The monoisotopic (exact) mass is 305 g/mol. The Labute approximate surface area is 117 Å². The van der Waals surface area contributed by atoms with Crippen LogP contribution in [0, 0.1) is 0 Å². The Bertz CT molecular complexity index is 254. The fourth-order valence-corrected chi connectivity index (χ4v) is 19.0. The summed E-state index contributed by atoms with van der Waals surface area (Å²) in [5.41, 5.74) is 0.607. The van der Waals surface area contributed by atoms with Crippen LogP contribution in [-0.4, -0.2) is 50.8 Å². The Hall–Kier alpha value is 0.531. The minimum Gasteiger partial charge on any atom is -0.400 e. The van der Waals surface area contributed by atoms with Crippen molar-refractivity contribution in [2.75, 3.05) is 20.8 Å². The summed E-state index contributed by atoms with van der Waals surface area (Å²) in [4.78, 5) is 0. The van der Waals surface area contributed by atoms with E-state index in [2.05, 4.69) is 37.3 Å². The van der Waals surface area contributed by atoms with E-state index in [1.165, 1.54) is 25.1 Å². The molecule has 1 fully saturated rings. The first-order chi connectivity index (χ1) is 8.24. The van der Waals surface area contributed by atoms with Gasteiger partial charge in [0.05, 0.1) is 0 Å². The molecule has 0 saturated carbocycles. The Kier molecular flexibility index (Phi) is 5.82. The smallest absolute Gasteiger partial charge is 0.323 e. The van der Waals surface area contributed by atoms with E-state index in [1.807, 2.05) is 0 Å². The van der Waals surface area contributed by atoms with Crippen LogP contribution in [0.25, 0.3) is 0 Å². The van der Waals surface area contributed by atoms with Gasteiger partial charge in [-0.15, -0.1) is 0 Å². The van der Waals surface area contributed by atoms with Crippen molar-refractivity contribution in [3.05, 3.63) is 0 Å². The fraction of sp³-hybridized carbons (Fsp3) is 1.00. The van der Waals surface area contributed by atoms with Crippen LogP contribution in [0.5, 0.6) is 0 Å². The van der Waals surface area contributed by atoms with Crippen molar-refractivity contribution in [3.8, 4) is 0 Å². The summed E-state index contributed by atoms with van der Waals surface area (Å²) in [6.45, 7) is 13.7. The van der Waals surface area contributed by atoms with Gasteiger partial charge in [-0.1, -0.05) is 33.1 Å². The fourth-order valence-electron chi connectivity index (χ4n) is 3.34. The van der Waals surface area contributed by atoms with E-state index in [0.717, 1.165) is 0 Å². The van der Waals surface area contributed by atoms with E-state index in [4.69, 9.17) is 8.85 Å². The van der Waals surface area contributed by atoms with Crippen LogP contribution in [0.3, 0.4) is 0 Å². The lowest BCUT2D eigenvalue weighted by Gasteiger charge is -2.39. The highest BCUT2D eigenvalue weighted by Gasteiger charge is 2.46. The Morgan fingerprint density at radius 2 is 1.50 bits per heavy atom. The lowest BCUT2D eigenvalue weighted by Crippen LogP contribution is -2.55. The Morgan fingerprint density at radius 3 is 1.89 bits per heavy atom. The molecule has 6 heteroatoms. The molecule has 0 aromatic rings.